The fraction of sp³-hybridized carbons (Fsp3) is 0.250. The lowest BCUT2D eigenvalue weighted by atomic mass is 10.1. The first-order valence-electron chi connectivity index (χ1n) is 8.32. The Balaban J connectivity index is 1.80. The second kappa shape index (κ2) is 9.36. The topological polar surface area (TPSA) is 86.7 Å². The predicted octanol–water partition coefficient (Wildman–Crippen LogP) is 2.09. The normalized spacial score (nSPS) is 10.2. The number of carboxylic acids is 1. The van der Waals surface area contributed by atoms with Gasteiger partial charge in [-0.2, -0.15) is 0 Å². The van der Waals surface area contributed by atoms with Gasteiger partial charge in [-0.25, -0.2) is 0 Å². The molecule has 2 N–H and O–H groups in total. The monoisotopic (exact) mass is 354 g/mol. The number of hydrogen-bond acceptors (Lipinski definition) is 3. The van der Waals surface area contributed by atoms with Crippen molar-refractivity contribution >= 4 is 17.8 Å². The summed E-state index contributed by atoms with van der Waals surface area (Å²) in [6.45, 7) is 0.0329. The molecule has 2 aromatic carbocycles. The number of carbonyl (C=O) groups is 3. The third-order valence-corrected chi connectivity index (χ3v) is 3.89. The Hall–Kier alpha value is -3.15. The van der Waals surface area contributed by atoms with E-state index in [0.717, 1.165) is 16.0 Å². The number of nitrogens with one attached hydrogen (secondary N) is 1. The fourth-order valence-electron chi connectivity index (χ4n) is 2.45. The summed E-state index contributed by atoms with van der Waals surface area (Å²) < 4.78 is 0. The van der Waals surface area contributed by atoms with Gasteiger partial charge in [-0.1, -0.05) is 42.5 Å². The lowest BCUT2D eigenvalue weighted by Gasteiger charge is -2.14. The lowest BCUT2D eigenvalue weighted by molar-refractivity contribution is -0.137. The molecule has 0 fully saturated rings. The minimum absolute atomic E-state index is 0.0322. The third kappa shape index (κ3) is 6.05. The quantitative estimate of drug-likeness (QED) is 0.760. The molecule has 0 bridgehead atoms. The van der Waals surface area contributed by atoms with Gasteiger partial charge in [0, 0.05) is 25.6 Å². The molecule has 2 rings (SSSR count). The molecular weight excluding hydrogens is 332 g/mol. The second-order valence-electron chi connectivity index (χ2n) is 6.01. The molecular formula is C20H22N2O4. The van der Waals surface area contributed by atoms with E-state index in [1.165, 1.54) is 7.05 Å². The van der Waals surface area contributed by atoms with Gasteiger partial charge in [0.15, 0.2) is 0 Å². The number of aryl methyl sites for hydroxylation is 1. The number of benzene rings is 2. The summed E-state index contributed by atoms with van der Waals surface area (Å²) in [6.07, 6.45) is 1.11. The van der Waals surface area contributed by atoms with E-state index in [-0.39, 0.29) is 18.4 Å². The van der Waals surface area contributed by atoms with Gasteiger partial charge in [0.05, 0.1) is 0 Å². The average Bonchev–Trinajstić information content (AvgIpc) is 2.65. The second-order valence-corrected chi connectivity index (χ2v) is 6.01. The Morgan fingerprint density at radius 3 is 2.23 bits per heavy atom. The summed E-state index contributed by atoms with van der Waals surface area (Å²) in [5.74, 6) is -1.45. The van der Waals surface area contributed by atoms with Gasteiger partial charge < -0.3 is 15.3 Å². The van der Waals surface area contributed by atoms with Crippen molar-refractivity contribution in [3.05, 3.63) is 71.3 Å². The van der Waals surface area contributed by atoms with Gasteiger partial charge in [0.1, 0.15) is 6.54 Å². The van der Waals surface area contributed by atoms with Crippen LogP contribution in [0.2, 0.25) is 0 Å². The molecule has 0 aliphatic heterocycles. The SMILES string of the molecule is CN(CC(=O)O)C(=O)c1ccc(CNC(=O)CCc2ccccc2)cc1. The summed E-state index contributed by atoms with van der Waals surface area (Å²) in [6, 6.07) is 16.6. The highest BCUT2D eigenvalue weighted by Crippen LogP contribution is 2.08. The van der Waals surface area contributed by atoms with Crippen LogP contribution < -0.4 is 5.32 Å². The highest BCUT2D eigenvalue weighted by molar-refractivity contribution is 5.95. The molecule has 0 saturated carbocycles. The van der Waals surface area contributed by atoms with Crippen LogP contribution in [0.3, 0.4) is 0 Å². The van der Waals surface area contributed by atoms with Crippen LogP contribution in [0.15, 0.2) is 54.6 Å². The van der Waals surface area contributed by atoms with Crippen molar-refractivity contribution in [1.82, 2.24) is 10.2 Å². The molecule has 0 heterocycles. The Bertz CT molecular complexity index is 757. The highest BCUT2D eigenvalue weighted by atomic mass is 16.4. The van der Waals surface area contributed by atoms with E-state index in [2.05, 4.69) is 5.32 Å². The van der Waals surface area contributed by atoms with Crippen LogP contribution in [0.4, 0.5) is 0 Å². The van der Waals surface area contributed by atoms with Crippen LogP contribution in [0.5, 0.6) is 0 Å². The largest absolute Gasteiger partial charge is 0.480 e. The Morgan fingerprint density at radius 2 is 1.62 bits per heavy atom. The minimum Gasteiger partial charge on any atom is -0.480 e. The van der Waals surface area contributed by atoms with Crippen molar-refractivity contribution in [3.63, 3.8) is 0 Å². The average molecular weight is 354 g/mol. The van der Waals surface area contributed by atoms with Gasteiger partial charge in [-0.05, 0) is 29.7 Å². The Kier molecular flexibility index (Phi) is 6.91. The summed E-state index contributed by atoms with van der Waals surface area (Å²) >= 11 is 0. The van der Waals surface area contributed by atoms with Crippen LogP contribution in [0.1, 0.15) is 27.9 Å². The van der Waals surface area contributed by atoms with E-state index in [9.17, 15) is 14.4 Å². The van der Waals surface area contributed by atoms with Crippen molar-refractivity contribution < 1.29 is 19.5 Å². The van der Waals surface area contributed by atoms with Gasteiger partial charge >= 0.3 is 5.97 Å². The third-order valence-electron chi connectivity index (χ3n) is 3.89. The van der Waals surface area contributed by atoms with E-state index in [0.29, 0.717) is 24.9 Å². The zero-order valence-electron chi connectivity index (χ0n) is 14.6. The Morgan fingerprint density at radius 1 is 0.962 bits per heavy atom. The molecule has 26 heavy (non-hydrogen) atoms. The van der Waals surface area contributed by atoms with Crippen molar-refractivity contribution in [2.24, 2.45) is 0 Å². The van der Waals surface area contributed by atoms with Crippen LogP contribution in [-0.4, -0.2) is 41.4 Å². The number of carbonyl (C=O) groups excluding carboxylic acids is 2. The number of carboxylic acid groups (broad SMARTS) is 1. The highest BCUT2D eigenvalue weighted by Gasteiger charge is 2.14. The molecule has 6 heteroatoms. The molecule has 0 atom stereocenters. The van der Waals surface area contributed by atoms with E-state index in [1.807, 2.05) is 30.3 Å². The van der Waals surface area contributed by atoms with E-state index in [1.54, 1.807) is 24.3 Å². The first-order valence-corrected chi connectivity index (χ1v) is 8.32. The van der Waals surface area contributed by atoms with E-state index in [4.69, 9.17) is 5.11 Å². The van der Waals surface area contributed by atoms with Crippen molar-refractivity contribution in [3.8, 4) is 0 Å². The Labute approximate surface area is 152 Å². The maximum Gasteiger partial charge on any atom is 0.323 e. The standard InChI is InChI=1S/C20H22N2O4/c1-22(14-19(24)25)20(26)17-10-7-16(8-11-17)13-21-18(23)12-9-15-5-3-2-4-6-15/h2-8,10-11H,9,12-14H2,1H3,(H,21,23)(H,24,25). The van der Waals surface area contributed by atoms with Crippen LogP contribution in [-0.2, 0) is 22.6 Å². The molecule has 2 amide bonds. The maximum absolute atomic E-state index is 12.1. The van der Waals surface area contributed by atoms with Crippen LogP contribution >= 0.6 is 0 Å². The molecule has 0 saturated heterocycles. The van der Waals surface area contributed by atoms with Gasteiger partial charge in [0.2, 0.25) is 5.91 Å². The first-order chi connectivity index (χ1) is 12.5. The molecule has 0 aliphatic carbocycles. The maximum atomic E-state index is 12.1. The molecule has 2 aromatic rings. The van der Waals surface area contributed by atoms with Crippen LogP contribution in [0, 0.1) is 0 Å². The molecule has 0 radical (unpaired) electrons. The number of rotatable bonds is 8. The zero-order valence-corrected chi connectivity index (χ0v) is 14.6. The smallest absolute Gasteiger partial charge is 0.323 e. The minimum atomic E-state index is -1.06. The summed E-state index contributed by atoms with van der Waals surface area (Å²) in [7, 11) is 1.44. The number of amides is 2. The summed E-state index contributed by atoms with van der Waals surface area (Å²) in [5.41, 5.74) is 2.40. The molecule has 0 aliphatic rings. The first kappa shape index (κ1) is 19.2. The number of nitrogens with zero attached hydrogens (tertiary/aromatic N) is 1. The van der Waals surface area contributed by atoms with Crippen molar-refractivity contribution in [2.75, 3.05) is 13.6 Å². The van der Waals surface area contributed by atoms with Crippen molar-refractivity contribution in [2.45, 2.75) is 19.4 Å². The molecule has 0 unspecified atom stereocenters. The molecule has 0 aromatic heterocycles. The molecule has 6 nitrogen and oxygen atoms in total. The van der Waals surface area contributed by atoms with E-state index < -0.39 is 5.97 Å². The number of aliphatic carboxylic acids is 1. The number of likely N-dealkylation sites (N-methyl/N-ethyl adjacent to an activating group) is 1. The zero-order chi connectivity index (χ0) is 18.9. The number of hydrogen-bond donors (Lipinski definition) is 2. The molecule has 0 spiro atoms. The van der Waals surface area contributed by atoms with Crippen molar-refractivity contribution in [1.29, 1.82) is 0 Å². The van der Waals surface area contributed by atoms with Gasteiger partial charge in [-0.3, -0.25) is 14.4 Å². The summed E-state index contributed by atoms with van der Waals surface area (Å²) in [4.78, 5) is 35.8. The predicted molar refractivity (Wildman–Crippen MR) is 97.6 cm³/mol. The van der Waals surface area contributed by atoms with E-state index >= 15 is 0 Å². The fourth-order valence-corrected chi connectivity index (χ4v) is 2.45. The molecule has 136 valence electrons. The lowest BCUT2D eigenvalue weighted by Crippen LogP contribution is -2.31. The van der Waals surface area contributed by atoms with Gasteiger partial charge in [-0.15, -0.1) is 0 Å². The summed E-state index contributed by atoms with van der Waals surface area (Å²) in [5, 5.41) is 11.6. The van der Waals surface area contributed by atoms with Gasteiger partial charge in [0.25, 0.3) is 5.91 Å². The van der Waals surface area contributed by atoms with Crippen LogP contribution in [0.25, 0.3) is 0 Å².